The number of carbonyl (C=O) groups excluding carboxylic acids is 2. The summed E-state index contributed by atoms with van der Waals surface area (Å²) in [6.45, 7) is 0.368. The SMILES string of the molecule is N[C@@H](Cc1ccccc1)C(=O)N[C@@H](Cc1ccccc1)C(=O)N1CCC[C@H]1C(=O)O. The minimum absolute atomic E-state index is 0.270. The predicted molar refractivity (Wildman–Crippen MR) is 113 cm³/mol. The third-order valence-corrected chi connectivity index (χ3v) is 5.35. The van der Waals surface area contributed by atoms with Crippen molar-refractivity contribution in [2.24, 2.45) is 5.73 Å². The van der Waals surface area contributed by atoms with Crippen LogP contribution < -0.4 is 11.1 Å². The maximum atomic E-state index is 13.2. The third kappa shape index (κ3) is 5.45. The molecule has 0 bridgehead atoms. The summed E-state index contributed by atoms with van der Waals surface area (Å²) in [5, 5.41) is 12.2. The first-order chi connectivity index (χ1) is 14.5. The summed E-state index contributed by atoms with van der Waals surface area (Å²) in [4.78, 5) is 38.8. The van der Waals surface area contributed by atoms with Gasteiger partial charge in [-0.05, 0) is 30.4 Å². The van der Waals surface area contributed by atoms with Crippen LogP contribution in [-0.4, -0.2) is 52.5 Å². The van der Waals surface area contributed by atoms with Gasteiger partial charge in [-0.2, -0.15) is 0 Å². The molecule has 7 nitrogen and oxygen atoms in total. The van der Waals surface area contributed by atoms with Gasteiger partial charge in [0.2, 0.25) is 11.8 Å². The molecule has 0 unspecified atom stereocenters. The molecule has 0 saturated carbocycles. The zero-order chi connectivity index (χ0) is 21.5. The van der Waals surface area contributed by atoms with Gasteiger partial charge < -0.3 is 21.1 Å². The normalized spacial score (nSPS) is 17.9. The molecular weight excluding hydrogens is 382 g/mol. The standard InChI is InChI=1S/C23H27N3O4/c24-18(14-16-8-3-1-4-9-16)21(27)25-19(15-17-10-5-2-6-11-17)22(28)26-13-7-12-20(26)23(29)30/h1-6,8-11,18-20H,7,12-15,24H2,(H,25,27)(H,29,30)/t18-,19-,20-/m0/s1. The zero-order valence-electron chi connectivity index (χ0n) is 16.7. The summed E-state index contributed by atoms with van der Waals surface area (Å²) < 4.78 is 0. The molecule has 7 heteroatoms. The Kier molecular flexibility index (Phi) is 7.19. The first kappa shape index (κ1) is 21.5. The Bertz CT molecular complexity index is 873. The minimum atomic E-state index is -1.02. The average molecular weight is 409 g/mol. The lowest BCUT2D eigenvalue weighted by atomic mass is 10.0. The summed E-state index contributed by atoms with van der Waals surface area (Å²) in [6.07, 6.45) is 1.66. The lowest BCUT2D eigenvalue weighted by Gasteiger charge is -2.28. The molecule has 4 N–H and O–H groups in total. The van der Waals surface area contributed by atoms with Crippen LogP contribution >= 0.6 is 0 Å². The van der Waals surface area contributed by atoms with Gasteiger partial charge in [-0.15, -0.1) is 0 Å². The van der Waals surface area contributed by atoms with E-state index in [1.54, 1.807) is 0 Å². The van der Waals surface area contributed by atoms with E-state index in [0.717, 1.165) is 11.1 Å². The first-order valence-corrected chi connectivity index (χ1v) is 10.1. The van der Waals surface area contributed by atoms with Gasteiger partial charge in [-0.3, -0.25) is 9.59 Å². The van der Waals surface area contributed by atoms with E-state index in [-0.39, 0.29) is 12.3 Å². The van der Waals surface area contributed by atoms with E-state index in [0.29, 0.717) is 25.8 Å². The second kappa shape index (κ2) is 10.0. The quantitative estimate of drug-likeness (QED) is 0.609. The molecule has 0 aromatic heterocycles. The number of hydrogen-bond acceptors (Lipinski definition) is 4. The Balaban J connectivity index is 1.74. The smallest absolute Gasteiger partial charge is 0.326 e. The third-order valence-electron chi connectivity index (χ3n) is 5.35. The van der Waals surface area contributed by atoms with Crippen LogP contribution in [0.3, 0.4) is 0 Å². The van der Waals surface area contributed by atoms with Crippen LogP contribution in [0.1, 0.15) is 24.0 Å². The van der Waals surface area contributed by atoms with Crippen molar-refractivity contribution in [3.05, 3.63) is 71.8 Å². The minimum Gasteiger partial charge on any atom is -0.480 e. The van der Waals surface area contributed by atoms with Crippen molar-refractivity contribution in [3.63, 3.8) is 0 Å². The van der Waals surface area contributed by atoms with Crippen LogP contribution in [0.2, 0.25) is 0 Å². The van der Waals surface area contributed by atoms with Crippen molar-refractivity contribution in [2.45, 2.75) is 43.8 Å². The number of benzene rings is 2. The molecule has 1 heterocycles. The highest BCUT2D eigenvalue weighted by Crippen LogP contribution is 2.19. The maximum Gasteiger partial charge on any atom is 0.326 e. The first-order valence-electron chi connectivity index (χ1n) is 10.1. The van der Waals surface area contributed by atoms with Crippen molar-refractivity contribution in [1.82, 2.24) is 10.2 Å². The number of nitrogens with two attached hydrogens (primary N) is 1. The number of hydrogen-bond donors (Lipinski definition) is 3. The molecule has 30 heavy (non-hydrogen) atoms. The summed E-state index contributed by atoms with van der Waals surface area (Å²) >= 11 is 0. The van der Waals surface area contributed by atoms with Crippen molar-refractivity contribution < 1.29 is 19.5 Å². The molecule has 2 aromatic rings. The molecular formula is C23H27N3O4. The molecule has 2 amide bonds. The van der Waals surface area contributed by atoms with E-state index in [2.05, 4.69) is 5.32 Å². The van der Waals surface area contributed by atoms with Crippen molar-refractivity contribution in [2.75, 3.05) is 6.54 Å². The average Bonchev–Trinajstić information content (AvgIpc) is 3.24. The summed E-state index contributed by atoms with van der Waals surface area (Å²) in [5.74, 6) is -1.84. The van der Waals surface area contributed by atoms with Gasteiger partial charge in [0.05, 0.1) is 6.04 Å². The van der Waals surface area contributed by atoms with Crippen LogP contribution in [-0.2, 0) is 27.2 Å². The number of carboxylic acids is 1. The second-order valence-electron chi connectivity index (χ2n) is 7.58. The van der Waals surface area contributed by atoms with E-state index in [1.165, 1.54) is 4.90 Å². The second-order valence-corrected chi connectivity index (χ2v) is 7.58. The molecule has 3 rings (SSSR count). The molecule has 1 fully saturated rings. The van der Waals surface area contributed by atoms with Gasteiger partial charge in [0.1, 0.15) is 12.1 Å². The molecule has 0 aliphatic carbocycles. The van der Waals surface area contributed by atoms with E-state index in [1.807, 2.05) is 60.7 Å². The molecule has 3 atom stereocenters. The summed E-state index contributed by atoms with van der Waals surface area (Å²) in [5.41, 5.74) is 7.89. The molecule has 1 saturated heterocycles. The van der Waals surface area contributed by atoms with E-state index >= 15 is 0 Å². The highest BCUT2D eigenvalue weighted by Gasteiger charge is 2.38. The summed E-state index contributed by atoms with van der Waals surface area (Å²) in [7, 11) is 0. The molecule has 1 aliphatic rings. The van der Waals surface area contributed by atoms with Crippen LogP contribution in [0.15, 0.2) is 60.7 Å². The number of nitrogens with zero attached hydrogens (tertiary/aromatic N) is 1. The molecule has 0 spiro atoms. The number of aliphatic carboxylic acids is 1. The lowest BCUT2D eigenvalue weighted by Crippen LogP contribution is -2.55. The van der Waals surface area contributed by atoms with Gasteiger partial charge >= 0.3 is 5.97 Å². The van der Waals surface area contributed by atoms with Crippen molar-refractivity contribution in [1.29, 1.82) is 0 Å². The Morgan fingerprint density at radius 1 is 1.00 bits per heavy atom. The van der Waals surface area contributed by atoms with Gasteiger partial charge in [0, 0.05) is 13.0 Å². The van der Waals surface area contributed by atoms with Crippen LogP contribution in [0, 0.1) is 0 Å². The van der Waals surface area contributed by atoms with E-state index < -0.39 is 30.0 Å². The highest BCUT2D eigenvalue weighted by molar-refractivity contribution is 5.92. The van der Waals surface area contributed by atoms with E-state index in [4.69, 9.17) is 5.73 Å². The predicted octanol–water partition coefficient (Wildman–Crippen LogP) is 1.36. The highest BCUT2D eigenvalue weighted by atomic mass is 16.4. The Hall–Kier alpha value is -3.19. The molecule has 0 radical (unpaired) electrons. The number of rotatable bonds is 8. The summed E-state index contributed by atoms with van der Waals surface area (Å²) in [6, 6.07) is 16.2. The van der Waals surface area contributed by atoms with Crippen LogP contribution in [0.25, 0.3) is 0 Å². The number of amides is 2. The lowest BCUT2D eigenvalue weighted by molar-refractivity contribution is -0.149. The van der Waals surface area contributed by atoms with Gasteiger partial charge in [0.15, 0.2) is 0 Å². The fraction of sp³-hybridized carbons (Fsp3) is 0.348. The van der Waals surface area contributed by atoms with Gasteiger partial charge in [-0.1, -0.05) is 60.7 Å². The number of carboxylic acid groups (broad SMARTS) is 1. The topological polar surface area (TPSA) is 113 Å². The van der Waals surface area contributed by atoms with Gasteiger partial charge in [-0.25, -0.2) is 4.79 Å². The Morgan fingerprint density at radius 2 is 1.57 bits per heavy atom. The van der Waals surface area contributed by atoms with Gasteiger partial charge in [0.25, 0.3) is 0 Å². The number of likely N-dealkylation sites (tertiary alicyclic amines) is 1. The fourth-order valence-electron chi connectivity index (χ4n) is 3.78. The molecule has 1 aliphatic heterocycles. The number of carbonyl (C=O) groups is 3. The monoisotopic (exact) mass is 409 g/mol. The van der Waals surface area contributed by atoms with Crippen LogP contribution in [0.4, 0.5) is 0 Å². The Labute approximate surface area is 175 Å². The zero-order valence-corrected chi connectivity index (χ0v) is 16.7. The largest absolute Gasteiger partial charge is 0.480 e. The van der Waals surface area contributed by atoms with Crippen molar-refractivity contribution in [3.8, 4) is 0 Å². The fourth-order valence-corrected chi connectivity index (χ4v) is 3.78. The van der Waals surface area contributed by atoms with Crippen molar-refractivity contribution >= 4 is 17.8 Å². The molecule has 158 valence electrons. The van der Waals surface area contributed by atoms with E-state index in [9.17, 15) is 19.5 Å². The number of nitrogens with one attached hydrogen (secondary N) is 1. The maximum absolute atomic E-state index is 13.2. The Morgan fingerprint density at radius 3 is 2.13 bits per heavy atom. The molecule has 2 aromatic carbocycles. The van der Waals surface area contributed by atoms with Crippen LogP contribution in [0.5, 0.6) is 0 Å².